The normalized spacial score (nSPS) is 10.8. The van der Waals surface area contributed by atoms with Crippen LogP contribution in [0.3, 0.4) is 0 Å². The molecular weight excluding hydrogens is 287 g/mol. The van der Waals surface area contributed by atoms with Gasteiger partial charge < -0.3 is 10.2 Å². The van der Waals surface area contributed by atoms with Crippen LogP contribution < -0.4 is 0 Å². The van der Waals surface area contributed by atoms with E-state index in [2.05, 4.69) is 5.10 Å². The van der Waals surface area contributed by atoms with Crippen molar-refractivity contribution < 1.29 is 19.4 Å². The Balaban J connectivity index is 2.44. The van der Waals surface area contributed by atoms with Crippen LogP contribution in [0.1, 0.15) is 22.5 Å². The van der Waals surface area contributed by atoms with Gasteiger partial charge in [0.15, 0.2) is 5.69 Å². The summed E-state index contributed by atoms with van der Waals surface area (Å²) in [6, 6.07) is 3.85. The van der Waals surface area contributed by atoms with Crippen molar-refractivity contribution in [1.82, 2.24) is 9.78 Å². The second kappa shape index (κ2) is 6.02. The summed E-state index contributed by atoms with van der Waals surface area (Å²) >= 11 is 5.76. The molecule has 20 heavy (non-hydrogen) atoms. The summed E-state index contributed by atoms with van der Waals surface area (Å²) in [5.41, 5.74) is 0.707. The molecule has 0 spiro atoms. The number of carboxylic acids is 1. The van der Waals surface area contributed by atoms with E-state index in [0.29, 0.717) is 24.1 Å². The number of carboxylic acid groups (broad SMARTS) is 1. The van der Waals surface area contributed by atoms with Gasteiger partial charge in [-0.3, -0.25) is 0 Å². The molecule has 0 saturated heterocycles. The van der Waals surface area contributed by atoms with Crippen LogP contribution in [0.4, 0.5) is 4.39 Å². The van der Waals surface area contributed by atoms with Gasteiger partial charge in [-0.2, -0.15) is 5.10 Å². The third kappa shape index (κ3) is 3.15. The fourth-order valence-electron chi connectivity index (χ4n) is 1.85. The van der Waals surface area contributed by atoms with Crippen LogP contribution in [0.2, 0.25) is 5.02 Å². The number of halogens is 2. The highest BCUT2D eigenvalue weighted by molar-refractivity contribution is 6.30. The Labute approximate surface area is 119 Å². The van der Waals surface area contributed by atoms with Gasteiger partial charge in [0.2, 0.25) is 0 Å². The maximum absolute atomic E-state index is 13.3. The Morgan fingerprint density at radius 1 is 1.40 bits per heavy atom. The number of benzene rings is 1. The molecule has 0 aliphatic rings. The molecule has 0 amide bonds. The summed E-state index contributed by atoms with van der Waals surface area (Å²) < 4.78 is 14.6. The van der Waals surface area contributed by atoms with Gasteiger partial charge in [0.25, 0.3) is 0 Å². The first-order valence-electron chi connectivity index (χ1n) is 5.90. The van der Waals surface area contributed by atoms with E-state index >= 15 is 0 Å². The molecule has 0 aliphatic carbocycles. The Morgan fingerprint density at radius 3 is 2.75 bits per heavy atom. The van der Waals surface area contributed by atoms with Crippen LogP contribution in [0.25, 0.3) is 5.69 Å². The van der Waals surface area contributed by atoms with Crippen LogP contribution in [0.15, 0.2) is 24.4 Å². The number of aryl methyl sites for hydroxylation is 1. The highest BCUT2D eigenvalue weighted by Crippen LogP contribution is 2.19. The summed E-state index contributed by atoms with van der Waals surface area (Å²) in [6.45, 7) is -0.0456. The fourth-order valence-corrected chi connectivity index (χ4v) is 2.06. The van der Waals surface area contributed by atoms with Crippen molar-refractivity contribution in [3.05, 3.63) is 46.5 Å². The van der Waals surface area contributed by atoms with Crippen molar-refractivity contribution in [2.75, 3.05) is 6.61 Å². The number of hydrogen-bond donors (Lipinski definition) is 2. The van der Waals surface area contributed by atoms with E-state index in [9.17, 15) is 9.18 Å². The first-order chi connectivity index (χ1) is 9.51. The minimum atomic E-state index is -1.17. The smallest absolute Gasteiger partial charge is 0.356 e. The Kier molecular flexibility index (Phi) is 4.36. The zero-order valence-corrected chi connectivity index (χ0v) is 11.1. The van der Waals surface area contributed by atoms with Crippen molar-refractivity contribution in [2.45, 2.75) is 12.8 Å². The van der Waals surface area contributed by atoms with Crippen LogP contribution in [0, 0.1) is 5.82 Å². The highest BCUT2D eigenvalue weighted by atomic mass is 35.5. The molecule has 7 heteroatoms. The maximum atomic E-state index is 13.3. The van der Waals surface area contributed by atoms with Gasteiger partial charge in [-0.1, -0.05) is 11.6 Å². The molecule has 1 aromatic heterocycles. The van der Waals surface area contributed by atoms with Crippen LogP contribution in [-0.2, 0) is 6.42 Å². The predicted molar refractivity (Wildman–Crippen MR) is 70.9 cm³/mol. The number of aliphatic hydroxyl groups excluding tert-OH is 1. The van der Waals surface area contributed by atoms with Crippen molar-refractivity contribution in [2.24, 2.45) is 0 Å². The molecule has 2 aromatic rings. The summed E-state index contributed by atoms with van der Waals surface area (Å²) in [4.78, 5) is 11.1. The van der Waals surface area contributed by atoms with Crippen LogP contribution in [0.5, 0.6) is 0 Å². The lowest BCUT2D eigenvalue weighted by Crippen LogP contribution is -2.03. The summed E-state index contributed by atoms with van der Waals surface area (Å²) in [7, 11) is 0. The summed E-state index contributed by atoms with van der Waals surface area (Å²) in [6.07, 6.45) is 2.31. The zero-order chi connectivity index (χ0) is 14.7. The molecule has 0 radical (unpaired) electrons. The Hall–Kier alpha value is -1.92. The molecule has 0 aliphatic heterocycles. The molecule has 2 rings (SSSR count). The molecule has 0 fully saturated rings. The first-order valence-corrected chi connectivity index (χ1v) is 6.28. The second-order valence-corrected chi connectivity index (χ2v) is 4.64. The average molecular weight is 299 g/mol. The topological polar surface area (TPSA) is 75.3 Å². The number of rotatable bonds is 5. The quantitative estimate of drug-likeness (QED) is 0.888. The van der Waals surface area contributed by atoms with Crippen molar-refractivity contribution in [3.63, 3.8) is 0 Å². The lowest BCUT2D eigenvalue weighted by atomic mass is 10.1. The number of aliphatic hydroxyl groups is 1. The van der Waals surface area contributed by atoms with Crippen LogP contribution >= 0.6 is 11.6 Å². The Bertz CT molecular complexity index is 622. The van der Waals surface area contributed by atoms with Crippen LogP contribution in [-0.4, -0.2) is 32.6 Å². The fraction of sp³-hybridized carbons (Fsp3) is 0.231. The Morgan fingerprint density at radius 2 is 2.15 bits per heavy atom. The minimum absolute atomic E-state index is 0.0456. The largest absolute Gasteiger partial charge is 0.476 e. The van der Waals surface area contributed by atoms with Gasteiger partial charge in [0.05, 0.1) is 5.69 Å². The molecule has 5 nitrogen and oxygen atoms in total. The van der Waals surface area contributed by atoms with E-state index in [1.807, 2.05) is 0 Å². The molecule has 106 valence electrons. The number of hydrogen-bond acceptors (Lipinski definition) is 3. The van der Waals surface area contributed by atoms with E-state index in [4.69, 9.17) is 21.8 Å². The summed E-state index contributed by atoms with van der Waals surface area (Å²) in [5.74, 6) is -1.70. The van der Waals surface area contributed by atoms with Gasteiger partial charge in [-0.15, -0.1) is 0 Å². The number of aromatic nitrogens is 2. The molecule has 2 N–H and O–H groups in total. The van der Waals surface area contributed by atoms with Crippen molar-refractivity contribution >= 4 is 17.6 Å². The van der Waals surface area contributed by atoms with E-state index in [0.717, 1.165) is 6.07 Å². The monoisotopic (exact) mass is 298 g/mol. The molecule has 0 unspecified atom stereocenters. The molecule has 1 heterocycles. The third-order valence-electron chi connectivity index (χ3n) is 2.71. The van der Waals surface area contributed by atoms with Gasteiger partial charge in [0, 0.05) is 23.4 Å². The van der Waals surface area contributed by atoms with Crippen molar-refractivity contribution in [1.29, 1.82) is 0 Å². The molecule has 0 atom stereocenters. The number of aromatic carboxylic acids is 1. The van der Waals surface area contributed by atoms with E-state index in [-0.39, 0.29) is 17.3 Å². The molecule has 0 saturated carbocycles. The van der Waals surface area contributed by atoms with Gasteiger partial charge in [-0.25, -0.2) is 13.9 Å². The lowest BCUT2D eigenvalue weighted by molar-refractivity contribution is 0.0688. The van der Waals surface area contributed by atoms with Crippen molar-refractivity contribution in [3.8, 4) is 5.69 Å². The SMILES string of the molecule is O=C(O)c1nn(-c2cc(F)cc(Cl)c2)cc1CCCO. The predicted octanol–water partition coefficient (Wildman–Crippen LogP) is 2.29. The number of carbonyl (C=O) groups is 1. The standard InChI is InChI=1S/C13H12ClFN2O3/c14-9-4-10(15)6-11(5-9)17-7-8(2-1-3-18)12(16-17)13(19)20/h4-7,18H,1-3H2,(H,19,20). The van der Waals surface area contributed by atoms with Gasteiger partial charge in [-0.05, 0) is 31.0 Å². The van der Waals surface area contributed by atoms with E-state index in [1.54, 1.807) is 0 Å². The lowest BCUT2D eigenvalue weighted by Gasteiger charge is -2.02. The average Bonchev–Trinajstić information content (AvgIpc) is 2.79. The van der Waals surface area contributed by atoms with E-state index < -0.39 is 11.8 Å². The zero-order valence-electron chi connectivity index (χ0n) is 10.4. The van der Waals surface area contributed by atoms with Gasteiger partial charge >= 0.3 is 5.97 Å². The first kappa shape index (κ1) is 14.5. The highest BCUT2D eigenvalue weighted by Gasteiger charge is 2.16. The summed E-state index contributed by atoms with van der Waals surface area (Å²) in [5, 5.41) is 22.0. The molecular formula is C13H12ClFN2O3. The van der Waals surface area contributed by atoms with Gasteiger partial charge in [0.1, 0.15) is 5.82 Å². The number of nitrogens with zero attached hydrogens (tertiary/aromatic N) is 2. The minimum Gasteiger partial charge on any atom is -0.476 e. The second-order valence-electron chi connectivity index (χ2n) is 4.21. The molecule has 1 aromatic carbocycles. The van der Waals surface area contributed by atoms with E-state index in [1.165, 1.54) is 23.0 Å². The third-order valence-corrected chi connectivity index (χ3v) is 2.93. The maximum Gasteiger partial charge on any atom is 0.356 e. The molecule has 0 bridgehead atoms.